The van der Waals surface area contributed by atoms with Gasteiger partial charge in [0.15, 0.2) is 0 Å². The Hall–Kier alpha value is -2.20. The average molecular weight is 289 g/mol. The second kappa shape index (κ2) is 4.72. The normalized spacial score (nSPS) is 22.2. The number of thiophene rings is 1. The van der Waals surface area contributed by atoms with E-state index in [4.69, 9.17) is 5.26 Å². The summed E-state index contributed by atoms with van der Waals surface area (Å²) >= 11 is 1.15. The minimum Gasteiger partial charge on any atom is -0.322 e. The van der Waals surface area contributed by atoms with Crippen LogP contribution in [0.4, 0.5) is 0 Å². The third-order valence-corrected chi connectivity index (χ3v) is 4.61. The van der Waals surface area contributed by atoms with Gasteiger partial charge in [-0.25, -0.2) is 0 Å². The van der Waals surface area contributed by atoms with E-state index in [2.05, 4.69) is 5.32 Å². The molecule has 1 unspecified atom stereocenters. The third kappa shape index (κ3) is 1.98. The van der Waals surface area contributed by atoms with Crippen LogP contribution in [0.2, 0.25) is 0 Å². The van der Waals surface area contributed by atoms with Crippen molar-refractivity contribution < 1.29 is 14.4 Å². The first-order valence-corrected chi connectivity index (χ1v) is 7.09. The highest BCUT2D eigenvalue weighted by Crippen LogP contribution is 2.33. The van der Waals surface area contributed by atoms with Gasteiger partial charge in [-0.3, -0.25) is 19.7 Å². The molecule has 3 amide bonds. The summed E-state index contributed by atoms with van der Waals surface area (Å²) in [5.41, 5.74) is 0.792. The summed E-state index contributed by atoms with van der Waals surface area (Å²) in [4.78, 5) is 38.2. The van der Waals surface area contributed by atoms with Crippen LogP contribution < -0.4 is 5.32 Å². The fraction of sp³-hybridized carbons (Fsp3) is 0.385. The summed E-state index contributed by atoms with van der Waals surface area (Å²) in [7, 11) is 0. The number of carbonyl (C=O) groups excluding carboxylic acids is 3. The number of hydrogen-bond donors (Lipinski definition) is 1. The number of carbonyl (C=O) groups is 3. The lowest BCUT2D eigenvalue weighted by Crippen LogP contribution is -2.46. The third-order valence-electron chi connectivity index (χ3n) is 3.54. The molecule has 0 bridgehead atoms. The molecule has 3 rings (SSSR count). The van der Waals surface area contributed by atoms with Crippen molar-refractivity contribution in [3.8, 4) is 6.07 Å². The highest BCUT2D eigenvalue weighted by atomic mass is 32.1. The lowest BCUT2D eigenvalue weighted by molar-refractivity contribution is -0.132. The van der Waals surface area contributed by atoms with Crippen molar-refractivity contribution >= 4 is 29.1 Å². The largest absolute Gasteiger partial charge is 0.322 e. The van der Waals surface area contributed by atoms with Crippen molar-refractivity contribution in [3.05, 3.63) is 21.4 Å². The molecule has 3 heterocycles. The van der Waals surface area contributed by atoms with Gasteiger partial charge in [0.25, 0.3) is 5.91 Å². The molecule has 20 heavy (non-hydrogen) atoms. The smallest absolute Gasteiger partial charge is 0.265 e. The Bertz CT molecular complexity index is 658. The van der Waals surface area contributed by atoms with Crippen LogP contribution in [-0.2, 0) is 16.1 Å². The van der Waals surface area contributed by atoms with Gasteiger partial charge in [0.2, 0.25) is 11.8 Å². The number of rotatable bonds is 1. The van der Waals surface area contributed by atoms with Crippen LogP contribution in [-0.4, -0.2) is 28.7 Å². The summed E-state index contributed by atoms with van der Waals surface area (Å²) < 4.78 is 0. The first-order valence-electron chi connectivity index (χ1n) is 6.27. The zero-order valence-electron chi connectivity index (χ0n) is 10.5. The first kappa shape index (κ1) is 12.8. The predicted octanol–water partition coefficient (Wildman–Crippen LogP) is 0.771. The summed E-state index contributed by atoms with van der Waals surface area (Å²) in [6.07, 6.45) is 1.39. The molecule has 1 aromatic heterocycles. The van der Waals surface area contributed by atoms with Crippen molar-refractivity contribution in [1.29, 1.82) is 5.26 Å². The average Bonchev–Trinajstić information content (AvgIpc) is 2.89. The molecule has 0 radical (unpaired) electrons. The number of imide groups is 1. The number of amides is 3. The molecule has 7 heteroatoms. The predicted molar refractivity (Wildman–Crippen MR) is 69.7 cm³/mol. The fourth-order valence-corrected chi connectivity index (χ4v) is 3.51. The highest BCUT2D eigenvalue weighted by Gasteiger charge is 2.39. The summed E-state index contributed by atoms with van der Waals surface area (Å²) in [6, 6.07) is 3.11. The van der Waals surface area contributed by atoms with E-state index < -0.39 is 11.9 Å². The number of hydrogen-bond acceptors (Lipinski definition) is 5. The van der Waals surface area contributed by atoms with Crippen LogP contribution in [0.15, 0.2) is 6.07 Å². The van der Waals surface area contributed by atoms with Gasteiger partial charge in [0, 0.05) is 13.0 Å². The SMILES string of the molecule is N#Cc1cc2c(s1)C(=O)N(C1CCCC(=O)NC1=O)C2. The van der Waals surface area contributed by atoms with E-state index in [9.17, 15) is 14.4 Å². The number of nitriles is 1. The molecule has 2 aliphatic rings. The number of nitrogens with one attached hydrogen (secondary N) is 1. The van der Waals surface area contributed by atoms with Gasteiger partial charge in [-0.05, 0) is 24.5 Å². The number of fused-ring (bicyclic) bond motifs is 1. The Labute approximate surface area is 119 Å². The van der Waals surface area contributed by atoms with Crippen LogP contribution in [0, 0.1) is 11.3 Å². The van der Waals surface area contributed by atoms with E-state index in [0.717, 1.165) is 16.9 Å². The zero-order chi connectivity index (χ0) is 14.3. The Balaban J connectivity index is 1.84. The number of nitrogens with zero attached hydrogens (tertiary/aromatic N) is 2. The van der Waals surface area contributed by atoms with Crippen molar-refractivity contribution in [2.45, 2.75) is 31.8 Å². The fourth-order valence-electron chi connectivity index (χ4n) is 2.59. The van der Waals surface area contributed by atoms with Crippen LogP contribution in [0.25, 0.3) is 0 Å². The quantitative estimate of drug-likeness (QED) is 0.773. The molecule has 1 aromatic rings. The molecule has 1 fully saturated rings. The maximum atomic E-state index is 12.3. The zero-order valence-corrected chi connectivity index (χ0v) is 11.3. The Kier molecular flexibility index (Phi) is 3.03. The molecular formula is C13H11N3O3S. The van der Waals surface area contributed by atoms with E-state index in [1.807, 2.05) is 6.07 Å². The van der Waals surface area contributed by atoms with Gasteiger partial charge < -0.3 is 4.90 Å². The van der Waals surface area contributed by atoms with Crippen molar-refractivity contribution in [2.24, 2.45) is 0 Å². The highest BCUT2D eigenvalue weighted by molar-refractivity contribution is 7.14. The van der Waals surface area contributed by atoms with E-state index >= 15 is 0 Å². The topological polar surface area (TPSA) is 90.3 Å². The summed E-state index contributed by atoms with van der Waals surface area (Å²) in [5.74, 6) is -0.914. The van der Waals surface area contributed by atoms with E-state index in [0.29, 0.717) is 35.6 Å². The van der Waals surface area contributed by atoms with E-state index in [1.54, 1.807) is 6.07 Å². The van der Waals surface area contributed by atoms with Gasteiger partial charge in [0.1, 0.15) is 17.0 Å². The van der Waals surface area contributed by atoms with Crippen LogP contribution >= 0.6 is 11.3 Å². The lowest BCUT2D eigenvalue weighted by Gasteiger charge is -2.24. The lowest BCUT2D eigenvalue weighted by atomic mass is 10.1. The van der Waals surface area contributed by atoms with E-state index in [-0.39, 0.29) is 11.8 Å². The Morgan fingerprint density at radius 1 is 1.40 bits per heavy atom. The molecule has 1 N–H and O–H groups in total. The van der Waals surface area contributed by atoms with Crippen LogP contribution in [0.1, 0.15) is 39.4 Å². The first-order chi connectivity index (χ1) is 9.60. The molecule has 0 aromatic carbocycles. The van der Waals surface area contributed by atoms with Crippen molar-refractivity contribution in [2.75, 3.05) is 0 Å². The molecule has 0 saturated carbocycles. The van der Waals surface area contributed by atoms with Gasteiger partial charge in [-0.2, -0.15) is 5.26 Å². The Morgan fingerprint density at radius 2 is 2.20 bits per heavy atom. The van der Waals surface area contributed by atoms with Crippen LogP contribution in [0.3, 0.4) is 0 Å². The molecule has 0 aliphatic carbocycles. The summed E-state index contributed by atoms with van der Waals surface area (Å²) in [6.45, 7) is 0.332. The van der Waals surface area contributed by atoms with Crippen molar-refractivity contribution in [1.82, 2.24) is 10.2 Å². The molecule has 6 nitrogen and oxygen atoms in total. The van der Waals surface area contributed by atoms with Crippen LogP contribution in [0.5, 0.6) is 0 Å². The standard InChI is InChI=1S/C13H11N3O3S/c14-5-8-4-7-6-16(13(19)11(7)20-8)9-2-1-3-10(17)15-12(9)18/h4,9H,1-3,6H2,(H,15,17,18). The van der Waals surface area contributed by atoms with Gasteiger partial charge in [-0.15, -0.1) is 11.3 Å². The molecular weight excluding hydrogens is 278 g/mol. The van der Waals surface area contributed by atoms with Gasteiger partial charge in [0.05, 0.1) is 4.88 Å². The molecule has 0 spiro atoms. The van der Waals surface area contributed by atoms with Gasteiger partial charge >= 0.3 is 0 Å². The molecule has 1 saturated heterocycles. The minimum atomic E-state index is -0.598. The molecule has 1 atom stereocenters. The monoisotopic (exact) mass is 289 g/mol. The second-order valence-electron chi connectivity index (χ2n) is 4.83. The summed E-state index contributed by atoms with van der Waals surface area (Å²) in [5, 5.41) is 11.1. The maximum absolute atomic E-state index is 12.3. The molecule has 2 aliphatic heterocycles. The second-order valence-corrected chi connectivity index (χ2v) is 5.88. The van der Waals surface area contributed by atoms with E-state index in [1.165, 1.54) is 4.90 Å². The molecule has 102 valence electrons. The van der Waals surface area contributed by atoms with Gasteiger partial charge in [-0.1, -0.05) is 0 Å². The maximum Gasteiger partial charge on any atom is 0.265 e. The minimum absolute atomic E-state index is 0.221. The van der Waals surface area contributed by atoms with Crippen molar-refractivity contribution in [3.63, 3.8) is 0 Å². The Morgan fingerprint density at radius 3 is 2.90 bits per heavy atom.